The summed E-state index contributed by atoms with van der Waals surface area (Å²) in [5, 5.41) is 51.2. The average molecular weight is 469 g/mol. The summed E-state index contributed by atoms with van der Waals surface area (Å²) in [5.74, 6) is 0. The summed E-state index contributed by atoms with van der Waals surface area (Å²) in [7, 11) is 1.00. The maximum absolute atomic E-state index is 8.25. The molecule has 0 aromatic carbocycles. The van der Waals surface area contributed by atoms with Crippen LogP contribution in [0.4, 0.5) is 0 Å². The average Bonchev–Trinajstić information content (AvgIpc) is 2.31. The van der Waals surface area contributed by atoms with Crippen LogP contribution in [0.25, 0.3) is 0 Å². The molecule has 13 nitrogen and oxygen atoms in total. The van der Waals surface area contributed by atoms with E-state index in [4.69, 9.17) is 51.1 Å². The first kappa shape index (κ1) is 32.0. The Labute approximate surface area is 149 Å². The van der Waals surface area contributed by atoms with Crippen molar-refractivity contribution in [3.05, 3.63) is 46.0 Å². The number of rotatable bonds is 0. The van der Waals surface area contributed by atoms with Crippen LogP contribution < -0.4 is 0 Å². The molecule has 0 spiro atoms. The molecule has 1 radical (unpaired) electrons. The quantitative estimate of drug-likeness (QED) is 0.395. The molecule has 14 heteroatoms. The Bertz CT molecular complexity index is 187. The van der Waals surface area contributed by atoms with Crippen molar-refractivity contribution >= 4 is 0 Å². The molecule has 1 fully saturated rings. The predicted octanol–water partition coefficient (Wildman–Crippen LogP) is 1.23. The number of hydrogen-bond donors (Lipinski definition) is 1. The van der Waals surface area contributed by atoms with E-state index in [0.717, 1.165) is 7.11 Å². The van der Waals surface area contributed by atoms with Crippen LogP contribution in [0, 0.1) is 83.3 Å². The molecule has 1 saturated carbocycles. The van der Waals surface area contributed by atoms with E-state index in [1.165, 1.54) is 38.5 Å². The molecule has 131 valence electrons. The second kappa shape index (κ2) is 31.3. The van der Waals surface area contributed by atoms with Gasteiger partial charge in [0, 0.05) is 7.11 Å². The molecule has 0 amide bonds. The summed E-state index contributed by atoms with van der Waals surface area (Å²) in [6, 6.07) is 0. The maximum Gasteiger partial charge on any atom is 3.00 e. The summed E-state index contributed by atoms with van der Waals surface area (Å²) in [6.45, 7) is 0. The van der Waals surface area contributed by atoms with Crippen molar-refractivity contribution in [1.29, 1.82) is 0 Å². The molecule has 1 aliphatic carbocycles. The van der Waals surface area contributed by atoms with Crippen LogP contribution in [0.3, 0.4) is 0 Å². The van der Waals surface area contributed by atoms with E-state index in [0.29, 0.717) is 0 Å². The number of aliphatic hydroxyl groups is 1. The van der Waals surface area contributed by atoms with Crippen molar-refractivity contribution in [2.75, 3.05) is 7.11 Å². The molecule has 0 aromatic heterocycles. The molecule has 0 saturated heterocycles. The van der Waals surface area contributed by atoms with Gasteiger partial charge in [0.15, 0.2) is 0 Å². The van der Waals surface area contributed by atoms with E-state index in [1.54, 1.807) is 0 Å². The standard InChI is InChI=1S/C6H12.CH4O.Er.3NO3/c1-2-4-6-5-3-1;1-2;;3*2-1(3)4/h1-6H2;2H,1H3;;;;/q;;+3;3*-1. The van der Waals surface area contributed by atoms with Gasteiger partial charge in [0.05, 0.1) is 15.3 Å². The minimum atomic E-state index is -1.75. The van der Waals surface area contributed by atoms with Gasteiger partial charge in [-0.2, -0.15) is 0 Å². The Kier molecular flexibility index (Phi) is 47.6. The normalized spacial score (nSPS) is 10.6. The third-order valence-corrected chi connectivity index (χ3v) is 1.50. The van der Waals surface area contributed by atoms with Crippen molar-refractivity contribution in [2.45, 2.75) is 38.5 Å². The Morgan fingerprint density at radius 2 is 0.619 bits per heavy atom. The van der Waals surface area contributed by atoms with Crippen molar-refractivity contribution in [3.63, 3.8) is 0 Å². The fourth-order valence-electron chi connectivity index (χ4n) is 1.06. The molecule has 1 rings (SSSR count). The van der Waals surface area contributed by atoms with E-state index in [9.17, 15) is 0 Å². The van der Waals surface area contributed by atoms with E-state index in [1.807, 2.05) is 0 Å². The fourth-order valence-corrected chi connectivity index (χ4v) is 1.06. The second-order valence-corrected chi connectivity index (χ2v) is 2.79. The van der Waals surface area contributed by atoms with Crippen molar-refractivity contribution in [1.82, 2.24) is 0 Å². The summed E-state index contributed by atoms with van der Waals surface area (Å²) in [6.07, 6.45) is 9.00. The minimum Gasteiger partial charge on any atom is -0.400 e. The van der Waals surface area contributed by atoms with Gasteiger partial charge >= 0.3 is 37.3 Å². The van der Waals surface area contributed by atoms with Crippen molar-refractivity contribution in [2.24, 2.45) is 0 Å². The second-order valence-electron chi connectivity index (χ2n) is 2.79. The topological polar surface area (TPSA) is 219 Å². The molecule has 0 bridgehead atoms. The van der Waals surface area contributed by atoms with Crippen LogP contribution in [0.15, 0.2) is 0 Å². The molecule has 0 aromatic rings. The van der Waals surface area contributed by atoms with Gasteiger partial charge in [-0.25, -0.2) is 0 Å². The summed E-state index contributed by atoms with van der Waals surface area (Å²) < 4.78 is 0. The molecular weight excluding hydrogens is 453 g/mol. The Hall–Kier alpha value is -1.19. The first-order valence-corrected chi connectivity index (χ1v) is 5.09. The first-order valence-electron chi connectivity index (χ1n) is 5.09. The summed E-state index contributed by atoms with van der Waals surface area (Å²) >= 11 is 0. The van der Waals surface area contributed by atoms with Gasteiger partial charge < -0.3 is 51.1 Å². The van der Waals surface area contributed by atoms with Gasteiger partial charge in [-0.15, -0.1) is 0 Å². The fraction of sp³-hybridized carbons (Fsp3) is 1.00. The zero-order chi connectivity index (χ0) is 17.0. The summed E-state index contributed by atoms with van der Waals surface area (Å²) in [5.41, 5.74) is 0. The molecule has 0 atom stereocenters. The Balaban J connectivity index is -0.0000000524. The Morgan fingerprint density at radius 1 is 0.571 bits per heavy atom. The number of hydrogen-bond acceptors (Lipinski definition) is 10. The van der Waals surface area contributed by atoms with Crippen molar-refractivity contribution < 1.29 is 57.7 Å². The van der Waals surface area contributed by atoms with Crippen LogP contribution in [0.1, 0.15) is 38.5 Å². The van der Waals surface area contributed by atoms with Crippen LogP contribution in [-0.2, 0) is 0 Å². The number of aliphatic hydroxyl groups excluding tert-OH is 1. The van der Waals surface area contributed by atoms with E-state index < -0.39 is 15.3 Å². The van der Waals surface area contributed by atoms with Crippen LogP contribution in [0.2, 0.25) is 0 Å². The summed E-state index contributed by atoms with van der Waals surface area (Å²) in [4.78, 5) is 24.8. The van der Waals surface area contributed by atoms with Crippen molar-refractivity contribution in [3.8, 4) is 0 Å². The third kappa shape index (κ3) is 230. The zero-order valence-corrected chi connectivity index (χ0v) is 12.8. The largest absolute Gasteiger partial charge is 3.00 e. The van der Waals surface area contributed by atoms with Crippen LogP contribution >= 0.6 is 0 Å². The van der Waals surface area contributed by atoms with Gasteiger partial charge in [-0.3, -0.25) is 0 Å². The van der Waals surface area contributed by atoms with Gasteiger partial charge in [-0.05, 0) is 0 Å². The molecule has 1 N–H and O–H groups in total. The molecule has 0 aliphatic heterocycles. The van der Waals surface area contributed by atoms with Gasteiger partial charge in [0.2, 0.25) is 0 Å². The third-order valence-electron chi connectivity index (χ3n) is 1.50. The SMILES string of the molecule is C1CCCCC1.CO.O=[N+]([O-])[O-].O=[N+]([O-])[O-].O=[N+]([O-])[O-].[Er+3]. The zero-order valence-electron chi connectivity index (χ0n) is 11.0. The molecule has 1 aliphatic rings. The predicted molar refractivity (Wildman–Crippen MR) is 66.9 cm³/mol. The van der Waals surface area contributed by atoms with Gasteiger partial charge in [-0.1, -0.05) is 38.5 Å². The van der Waals surface area contributed by atoms with Gasteiger partial charge in [0.25, 0.3) is 0 Å². The van der Waals surface area contributed by atoms with Gasteiger partial charge in [0.1, 0.15) is 0 Å². The molecule has 0 heterocycles. The first-order chi connectivity index (χ1) is 9.20. The number of nitrogens with zero attached hydrogens (tertiary/aromatic N) is 3. The van der Waals surface area contributed by atoms with E-state index in [-0.39, 0.29) is 37.3 Å². The Morgan fingerprint density at radius 3 is 0.667 bits per heavy atom. The smallest absolute Gasteiger partial charge is 0.400 e. The van der Waals surface area contributed by atoms with E-state index >= 15 is 0 Å². The minimum absolute atomic E-state index is 0. The maximum atomic E-state index is 8.25. The molecular formula is C7H16ErN3O10. The molecule has 0 unspecified atom stereocenters. The monoisotopic (exact) mass is 468 g/mol. The van der Waals surface area contributed by atoms with Crippen LogP contribution in [-0.4, -0.2) is 27.5 Å². The van der Waals surface area contributed by atoms with E-state index in [2.05, 4.69) is 0 Å². The molecule has 21 heavy (non-hydrogen) atoms. The van der Waals surface area contributed by atoms with Crippen LogP contribution in [0.5, 0.6) is 0 Å².